The third-order valence-corrected chi connectivity index (χ3v) is 9.00. The lowest BCUT2D eigenvalue weighted by molar-refractivity contribution is -0.131. The molecule has 4 heteroatoms. The van der Waals surface area contributed by atoms with Crippen LogP contribution in [0.1, 0.15) is 78.1 Å². The SMILES string of the molecule is C[C@]12CCC(=O)C=C1CC[C@@H]1C2=C(C(=O)N2CCCCC2)C[C@]2(C)C(=O)CC[C@@H]12. The van der Waals surface area contributed by atoms with Gasteiger partial charge in [-0.2, -0.15) is 0 Å². The summed E-state index contributed by atoms with van der Waals surface area (Å²) in [6.07, 6.45) is 10.8. The van der Waals surface area contributed by atoms with Gasteiger partial charge in [0.1, 0.15) is 5.78 Å². The van der Waals surface area contributed by atoms with Crippen LogP contribution in [0, 0.1) is 22.7 Å². The van der Waals surface area contributed by atoms with E-state index in [0.29, 0.717) is 36.9 Å². The lowest BCUT2D eigenvalue weighted by Crippen LogP contribution is -2.49. The van der Waals surface area contributed by atoms with Crippen molar-refractivity contribution in [2.75, 3.05) is 13.1 Å². The summed E-state index contributed by atoms with van der Waals surface area (Å²) in [5.41, 5.74) is 2.93. The molecule has 1 aliphatic heterocycles. The number of Topliss-reactive ketones (excluding diaryl/α,β-unsaturated/α-hetero) is 1. The Morgan fingerprint density at radius 3 is 2.55 bits per heavy atom. The molecule has 4 atom stereocenters. The number of allylic oxidation sites excluding steroid dienone is 3. The highest BCUT2D eigenvalue weighted by Gasteiger charge is 2.58. The Labute approximate surface area is 173 Å². The second-order valence-corrected chi connectivity index (χ2v) is 10.5. The van der Waals surface area contributed by atoms with Crippen LogP contribution in [0.5, 0.6) is 0 Å². The number of rotatable bonds is 1. The average Bonchev–Trinajstić information content (AvgIpc) is 3.02. The van der Waals surface area contributed by atoms with Crippen LogP contribution in [-0.2, 0) is 14.4 Å². The van der Waals surface area contributed by atoms with E-state index in [-0.39, 0.29) is 22.5 Å². The first-order valence-electron chi connectivity index (χ1n) is 11.6. The van der Waals surface area contributed by atoms with E-state index in [2.05, 4.69) is 13.8 Å². The van der Waals surface area contributed by atoms with E-state index in [0.717, 1.165) is 57.2 Å². The fraction of sp³-hybridized carbons (Fsp3) is 0.720. The predicted octanol–water partition coefficient (Wildman–Crippen LogP) is 4.39. The van der Waals surface area contributed by atoms with Crippen LogP contribution in [-0.4, -0.2) is 35.5 Å². The first-order valence-corrected chi connectivity index (χ1v) is 11.6. The average molecular weight is 396 g/mol. The molecular formula is C25H33NO3. The molecule has 3 fully saturated rings. The summed E-state index contributed by atoms with van der Waals surface area (Å²) in [6.45, 7) is 6.08. The van der Waals surface area contributed by atoms with Gasteiger partial charge in [-0.05, 0) is 74.9 Å². The van der Waals surface area contributed by atoms with Gasteiger partial charge in [-0.25, -0.2) is 0 Å². The van der Waals surface area contributed by atoms with E-state index in [4.69, 9.17) is 0 Å². The van der Waals surface area contributed by atoms with E-state index in [1.165, 1.54) is 17.6 Å². The van der Waals surface area contributed by atoms with Gasteiger partial charge in [0.2, 0.25) is 5.91 Å². The maximum Gasteiger partial charge on any atom is 0.249 e. The Bertz CT molecular complexity index is 846. The lowest BCUT2D eigenvalue weighted by atomic mass is 9.50. The third kappa shape index (κ3) is 2.74. The van der Waals surface area contributed by atoms with Gasteiger partial charge in [-0.15, -0.1) is 0 Å². The first kappa shape index (κ1) is 19.3. The zero-order chi connectivity index (χ0) is 20.4. The van der Waals surface area contributed by atoms with Crippen LogP contribution >= 0.6 is 0 Å². The predicted molar refractivity (Wildman–Crippen MR) is 111 cm³/mol. The van der Waals surface area contributed by atoms with E-state index in [9.17, 15) is 14.4 Å². The summed E-state index contributed by atoms with van der Waals surface area (Å²) in [5.74, 6) is 1.45. The van der Waals surface area contributed by atoms with Crippen molar-refractivity contribution in [3.8, 4) is 0 Å². The molecule has 0 aromatic rings. The van der Waals surface area contributed by atoms with E-state index in [1.807, 2.05) is 11.0 Å². The molecule has 2 saturated carbocycles. The standard InChI is InChI=1S/C25H33NO3/c1-24-11-10-17(27)14-16(24)6-7-18-20-8-9-21(28)25(20,2)15-19(22(18)24)23(29)26-12-4-3-5-13-26/h14,18,20H,3-13,15H2,1-2H3/t18-,20-,24-,25-/m0/s1. The summed E-state index contributed by atoms with van der Waals surface area (Å²) in [7, 11) is 0. The molecule has 29 heavy (non-hydrogen) atoms. The normalized spacial score (nSPS) is 39.7. The minimum atomic E-state index is -0.378. The minimum Gasteiger partial charge on any atom is -0.339 e. The smallest absolute Gasteiger partial charge is 0.249 e. The van der Waals surface area contributed by atoms with Crippen molar-refractivity contribution in [3.63, 3.8) is 0 Å². The number of piperidine rings is 1. The fourth-order valence-corrected chi connectivity index (χ4v) is 7.35. The molecule has 5 rings (SSSR count). The molecule has 0 radical (unpaired) electrons. The van der Waals surface area contributed by atoms with Crippen molar-refractivity contribution >= 4 is 17.5 Å². The molecule has 0 unspecified atom stereocenters. The summed E-state index contributed by atoms with van der Waals surface area (Å²) < 4.78 is 0. The number of hydrogen-bond donors (Lipinski definition) is 0. The molecule has 0 bridgehead atoms. The Balaban J connectivity index is 1.66. The highest BCUT2D eigenvalue weighted by atomic mass is 16.2. The van der Waals surface area contributed by atoms with Crippen molar-refractivity contribution in [1.82, 2.24) is 4.90 Å². The summed E-state index contributed by atoms with van der Waals surface area (Å²) in [4.78, 5) is 40.9. The molecule has 1 saturated heterocycles. The number of nitrogens with zero attached hydrogens (tertiary/aromatic N) is 1. The van der Waals surface area contributed by atoms with Gasteiger partial charge in [0, 0.05) is 42.3 Å². The van der Waals surface area contributed by atoms with Crippen molar-refractivity contribution in [1.29, 1.82) is 0 Å². The molecule has 1 heterocycles. The highest BCUT2D eigenvalue weighted by Crippen LogP contribution is 2.64. The summed E-state index contributed by atoms with van der Waals surface area (Å²) in [6, 6.07) is 0. The molecule has 4 aliphatic carbocycles. The van der Waals surface area contributed by atoms with Crippen LogP contribution in [0.2, 0.25) is 0 Å². The van der Waals surface area contributed by atoms with Crippen LogP contribution in [0.25, 0.3) is 0 Å². The zero-order valence-corrected chi connectivity index (χ0v) is 17.9. The Hall–Kier alpha value is -1.71. The number of fused-ring (bicyclic) bond motifs is 5. The molecule has 0 aromatic carbocycles. The number of likely N-dealkylation sites (tertiary alicyclic amines) is 1. The number of carbonyl (C=O) groups excluding carboxylic acids is 3. The van der Waals surface area contributed by atoms with E-state index in [1.54, 1.807) is 0 Å². The maximum atomic E-state index is 13.8. The summed E-state index contributed by atoms with van der Waals surface area (Å²) in [5, 5.41) is 0. The van der Waals surface area contributed by atoms with E-state index < -0.39 is 0 Å². The molecule has 5 aliphatic rings. The van der Waals surface area contributed by atoms with E-state index >= 15 is 0 Å². The number of hydrogen-bond acceptors (Lipinski definition) is 3. The largest absolute Gasteiger partial charge is 0.339 e. The highest BCUT2D eigenvalue weighted by molar-refractivity contribution is 5.98. The maximum absolute atomic E-state index is 13.8. The monoisotopic (exact) mass is 395 g/mol. The van der Waals surface area contributed by atoms with Crippen LogP contribution in [0.3, 0.4) is 0 Å². The van der Waals surface area contributed by atoms with Crippen LogP contribution < -0.4 is 0 Å². The number of ketones is 2. The third-order valence-electron chi connectivity index (χ3n) is 9.00. The second-order valence-electron chi connectivity index (χ2n) is 10.5. The second kappa shape index (κ2) is 6.65. The molecular weight excluding hydrogens is 362 g/mol. The van der Waals surface area contributed by atoms with Gasteiger partial charge >= 0.3 is 0 Å². The van der Waals surface area contributed by atoms with Crippen molar-refractivity contribution in [3.05, 3.63) is 22.8 Å². The Morgan fingerprint density at radius 2 is 1.79 bits per heavy atom. The zero-order valence-electron chi connectivity index (χ0n) is 17.9. The van der Waals surface area contributed by atoms with Crippen LogP contribution in [0.15, 0.2) is 22.8 Å². The summed E-state index contributed by atoms with van der Waals surface area (Å²) >= 11 is 0. The van der Waals surface area contributed by atoms with Gasteiger partial charge in [0.15, 0.2) is 5.78 Å². The quantitative estimate of drug-likeness (QED) is 0.662. The minimum absolute atomic E-state index is 0.176. The molecule has 4 nitrogen and oxygen atoms in total. The number of amides is 1. The topological polar surface area (TPSA) is 54.5 Å². The fourth-order valence-electron chi connectivity index (χ4n) is 7.35. The first-order chi connectivity index (χ1) is 13.8. The van der Waals surface area contributed by atoms with Gasteiger partial charge in [-0.1, -0.05) is 19.4 Å². The van der Waals surface area contributed by atoms with Crippen LogP contribution in [0.4, 0.5) is 0 Å². The molecule has 1 amide bonds. The van der Waals surface area contributed by atoms with Gasteiger partial charge in [0.25, 0.3) is 0 Å². The molecule has 0 aromatic heterocycles. The van der Waals surface area contributed by atoms with Crippen molar-refractivity contribution in [2.45, 2.75) is 78.1 Å². The Kier molecular flexibility index (Phi) is 4.42. The van der Waals surface area contributed by atoms with Crippen molar-refractivity contribution < 1.29 is 14.4 Å². The van der Waals surface area contributed by atoms with Crippen molar-refractivity contribution in [2.24, 2.45) is 22.7 Å². The number of carbonyl (C=O) groups is 3. The van der Waals surface area contributed by atoms with Gasteiger partial charge < -0.3 is 4.90 Å². The molecule has 0 spiro atoms. The van der Waals surface area contributed by atoms with Gasteiger partial charge in [-0.3, -0.25) is 14.4 Å². The van der Waals surface area contributed by atoms with Gasteiger partial charge in [0.05, 0.1) is 0 Å². The Morgan fingerprint density at radius 1 is 1.03 bits per heavy atom. The lowest BCUT2D eigenvalue weighted by Gasteiger charge is -2.53. The molecule has 156 valence electrons. The molecule has 0 N–H and O–H groups in total.